The lowest BCUT2D eigenvalue weighted by atomic mass is 10.1. The van der Waals surface area contributed by atoms with E-state index in [-0.39, 0.29) is 11.1 Å². The van der Waals surface area contributed by atoms with E-state index in [9.17, 15) is 20.0 Å². The van der Waals surface area contributed by atoms with Gasteiger partial charge in [0, 0.05) is 17.9 Å². The number of rotatable bonds is 6. The minimum atomic E-state index is -1.05. The number of carboxylic acids is 1. The second-order valence-corrected chi connectivity index (χ2v) is 7.38. The van der Waals surface area contributed by atoms with Crippen LogP contribution < -0.4 is 5.32 Å². The van der Waals surface area contributed by atoms with E-state index < -0.39 is 11.9 Å². The largest absolute Gasteiger partial charge is 0.478 e. The molecule has 6 nitrogen and oxygen atoms in total. The number of amides is 1. The molecule has 31 heavy (non-hydrogen) atoms. The number of aryl methyl sites for hydroxylation is 1. The molecule has 2 N–H and O–H groups in total. The fourth-order valence-electron chi connectivity index (χ4n) is 3.30. The summed E-state index contributed by atoms with van der Waals surface area (Å²) in [4.78, 5) is 23.9. The highest BCUT2D eigenvalue weighted by atomic mass is 35.5. The van der Waals surface area contributed by atoms with Crippen molar-refractivity contribution in [2.24, 2.45) is 0 Å². The zero-order chi connectivity index (χ0) is 22.5. The van der Waals surface area contributed by atoms with Crippen LogP contribution in [0.5, 0.6) is 0 Å². The summed E-state index contributed by atoms with van der Waals surface area (Å²) in [5.74, 6) is -1.52. The van der Waals surface area contributed by atoms with Gasteiger partial charge in [0.05, 0.1) is 16.3 Å². The molecule has 0 bridgehead atoms. The van der Waals surface area contributed by atoms with Crippen molar-refractivity contribution in [1.29, 1.82) is 5.26 Å². The molecule has 0 unspecified atom stereocenters. The first-order chi connectivity index (χ1) is 14.8. The highest BCUT2D eigenvalue weighted by Crippen LogP contribution is 2.28. The Bertz CT molecular complexity index is 1220. The van der Waals surface area contributed by atoms with Gasteiger partial charge in [0.25, 0.3) is 5.91 Å². The number of benzene rings is 2. The molecule has 0 saturated carbocycles. The van der Waals surface area contributed by atoms with Crippen LogP contribution >= 0.6 is 11.6 Å². The molecule has 7 heteroatoms. The van der Waals surface area contributed by atoms with Gasteiger partial charge in [-0.05, 0) is 55.3 Å². The monoisotopic (exact) mass is 433 g/mol. The lowest BCUT2D eigenvalue weighted by Gasteiger charge is -2.12. The normalized spacial score (nSPS) is 11.1. The van der Waals surface area contributed by atoms with Crippen LogP contribution in [0.4, 0.5) is 0 Å². The summed E-state index contributed by atoms with van der Waals surface area (Å²) >= 11 is 6.33. The Morgan fingerprint density at radius 3 is 2.52 bits per heavy atom. The van der Waals surface area contributed by atoms with Crippen molar-refractivity contribution in [2.75, 3.05) is 0 Å². The van der Waals surface area contributed by atoms with Crippen molar-refractivity contribution in [3.63, 3.8) is 0 Å². The standard InChI is InChI=1S/C24H20ClN3O3/c1-15-10-19(11-20(13-26)23(29)27-14-17-6-4-3-5-7-17)16(2)28(15)22-12-18(24(30)31)8-9-21(22)25/h3-12H,14H2,1-2H3,(H,27,29)(H,30,31)/b20-11-. The minimum Gasteiger partial charge on any atom is -0.478 e. The third-order valence-electron chi connectivity index (χ3n) is 4.87. The molecule has 1 aromatic heterocycles. The fourth-order valence-corrected chi connectivity index (χ4v) is 3.50. The number of nitrogens with one attached hydrogen (secondary N) is 1. The minimum absolute atomic E-state index is 0.0263. The van der Waals surface area contributed by atoms with E-state index in [0.29, 0.717) is 22.8 Å². The van der Waals surface area contributed by atoms with Crippen LogP contribution in [0.25, 0.3) is 11.8 Å². The number of halogens is 1. The summed E-state index contributed by atoms with van der Waals surface area (Å²) in [6.45, 7) is 3.98. The highest BCUT2D eigenvalue weighted by molar-refractivity contribution is 6.32. The SMILES string of the molecule is Cc1cc(/C=C(/C#N)C(=O)NCc2ccccc2)c(C)n1-c1cc(C(=O)O)ccc1Cl. The van der Waals surface area contributed by atoms with Gasteiger partial charge in [0.15, 0.2) is 0 Å². The lowest BCUT2D eigenvalue weighted by Crippen LogP contribution is -2.23. The number of nitrogens with zero attached hydrogens (tertiary/aromatic N) is 2. The summed E-state index contributed by atoms with van der Waals surface area (Å²) in [6, 6.07) is 17.7. The number of carbonyl (C=O) groups excluding carboxylic acids is 1. The third kappa shape index (κ3) is 4.85. The van der Waals surface area contributed by atoms with Crippen molar-refractivity contribution in [2.45, 2.75) is 20.4 Å². The molecule has 0 aliphatic heterocycles. The van der Waals surface area contributed by atoms with E-state index >= 15 is 0 Å². The van der Waals surface area contributed by atoms with E-state index in [4.69, 9.17) is 11.6 Å². The molecule has 0 radical (unpaired) electrons. The maximum absolute atomic E-state index is 12.5. The second kappa shape index (κ2) is 9.33. The zero-order valence-corrected chi connectivity index (χ0v) is 17.8. The zero-order valence-electron chi connectivity index (χ0n) is 17.0. The first kappa shape index (κ1) is 21.9. The third-order valence-corrected chi connectivity index (χ3v) is 5.18. The molecular formula is C24H20ClN3O3. The average Bonchev–Trinajstić information content (AvgIpc) is 3.04. The van der Waals surface area contributed by atoms with Crippen molar-refractivity contribution >= 4 is 29.6 Å². The first-order valence-electron chi connectivity index (χ1n) is 9.48. The number of carboxylic acid groups (broad SMARTS) is 1. The summed E-state index contributed by atoms with van der Waals surface area (Å²) in [5, 5.41) is 21.9. The van der Waals surface area contributed by atoms with Crippen LogP contribution in [0.1, 0.15) is 32.9 Å². The van der Waals surface area contributed by atoms with Crippen LogP contribution in [0.3, 0.4) is 0 Å². The second-order valence-electron chi connectivity index (χ2n) is 6.97. The molecule has 0 aliphatic carbocycles. The van der Waals surface area contributed by atoms with E-state index in [0.717, 1.165) is 17.0 Å². The summed E-state index contributed by atoms with van der Waals surface area (Å²) in [5.41, 5.74) is 3.72. The molecule has 3 rings (SSSR count). The number of hydrogen-bond acceptors (Lipinski definition) is 3. The molecule has 0 saturated heterocycles. The molecule has 1 heterocycles. The van der Waals surface area contributed by atoms with Crippen molar-refractivity contribution in [3.8, 4) is 11.8 Å². The quantitative estimate of drug-likeness (QED) is 0.436. The molecule has 2 aromatic carbocycles. The van der Waals surface area contributed by atoms with Crippen LogP contribution in [0.15, 0.2) is 60.2 Å². The number of hydrogen-bond donors (Lipinski definition) is 2. The Morgan fingerprint density at radius 2 is 1.87 bits per heavy atom. The Hall–Kier alpha value is -3.82. The van der Waals surface area contributed by atoms with E-state index in [1.165, 1.54) is 24.3 Å². The lowest BCUT2D eigenvalue weighted by molar-refractivity contribution is -0.117. The molecule has 3 aromatic rings. The number of aromatic nitrogens is 1. The van der Waals surface area contributed by atoms with E-state index in [1.54, 1.807) is 4.57 Å². The molecule has 1 amide bonds. The Morgan fingerprint density at radius 1 is 1.16 bits per heavy atom. The Balaban J connectivity index is 1.93. The summed E-state index contributed by atoms with van der Waals surface area (Å²) in [7, 11) is 0. The van der Waals surface area contributed by atoms with E-state index in [1.807, 2.05) is 56.3 Å². The van der Waals surface area contributed by atoms with Gasteiger partial charge in [0.2, 0.25) is 0 Å². The highest BCUT2D eigenvalue weighted by Gasteiger charge is 2.16. The van der Waals surface area contributed by atoms with Gasteiger partial charge in [-0.25, -0.2) is 4.79 Å². The van der Waals surface area contributed by atoms with Crippen molar-refractivity contribution in [3.05, 3.63) is 93.3 Å². The van der Waals surface area contributed by atoms with E-state index in [2.05, 4.69) is 5.32 Å². The topological polar surface area (TPSA) is 95.1 Å². The van der Waals surface area contributed by atoms with Crippen LogP contribution in [0.2, 0.25) is 5.02 Å². The Labute approximate surface area is 185 Å². The van der Waals surface area contributed by atoms with Crippen molar-refractivity contribution < 1.29 is 14.7 Å². The van der Waals surface area contributed by atoms with Crippen LogP contribution in [-0.2, 0) is 11.3 Å². The maximum Gasteiger partial charge on any atom is 0.335 e. The van der Waals surface area contributed by atoms with Gasteiger partial charge in [-0.1, -0.05) is 41.9 Å². The van der Waals surface area contributed by atoms with Crippen molar-refractivity contribution in [1.82, 2.24) is 9.88 Å². The van der Waals surface area contributed by atoms with Gasteiger partial charge < -0.3 is 15.0 Å². The van der Waals surface area contributed by atoms with Crippen LogP contribution in [0, 0.1) is 25.2 Å². The smallest absolute Gasteiger partial charge is 0.335 e. The molecule has 156 valence electrons. The fraction of sp³-hybridized carbons (Fsp3) is 0.125. The van der Waals surface area contributed by atoms with Gasteiger partial charge in [-0.3, -0.25) is 4.79 Å². The molecular weight excluding hydrogens is 414 g/mol. The maximum atomic E-state index is 12.5. The number of carbonyl (C=O) groups is 2. The predicted octanol–water partition coefficient (Wildman–Crippen LogP) is 4.67. The summed E-state index contributed by atoms with van der Waals surface area (Å²) < 4.78 is 1.80. The average molecular weight is 434 g/mol. The Kier molecular flexibility index (Phi) is 6.58. The van der Waals surface area contributed by atoms with Gasteiger partial charge in [0.1, 0.15) is 11.6 Å². The predicted molar refractivity (Wildman–Crippen MR) is 119 cm³/mol. The number of aromatic carboxylic acids is 1. The molecule has 0 aliphatic rings. The van der Waals surface area contributed by atoms with Gasteiger partial charge in [-0.2, -0.15) is 5.26 Å². The first-order valence-corrected chi connectivity index (χ1v) is 9.85. The van der Waals surface area contributed by atoms with Gasteiger partial charge >= 0.3 is 5.97 Å². The molecule has 0 spiro atoms. The van der Waals surface area contributed by atoms with Crippen LogP contribution in [-0.4, -0.2) is 21.6 Å². The summed E-state index contributed by atoms with van der Waals surface area (Å²) in [6.07, 6.45) is 1.52. The van der Waals surface area contributed by atoms with Gasteiger partial charge in [-0.15, -0.1) is 0 Å². The molecule has 0 atom stereocenters. The number of nitriles is 1. The molecule has 0 fully saturated rings.